The van der Waals surface area contributed by atoms with Crippen LogP contribution in [-0.2, 0) is 42.2 Å². The Balaban J connectivity index is 4.68. The summed E-state index contributed by atoms with van der Waals surface area (Å²) in [5.74, 6) is -1.46. The van der Waals surface area contributed by atoms with E-state index in [1.165, 1.54) is 167 Å². The van der Waals surface area contributed by atoms with Gasteiger partial charge in [-0.25, -0.2) is 4.57 Å². The molecule has 0 saturated carbocycles. The molecule has 0 saturated heterocycles. The Morgan fingerprint density at radius 3 is 1.04 bits per heavy atom. The Kier molecular flexibility index (Phi) is 58.5. The number of carbonyl (C=O) groups excluding carboxylic acids is 3. The molecule has 0 bridgehead atoms. The zero-order valence-corrected chi connectivity index (χ0v) is 51.5. The molecule has 0 fully saturated rings. The van der Waals surface area contributed by atoms with Crippen LogP contribution in [0.4, 0.5) is 0 Å². The lowest BCUT2D eigenvalue weighted by molar-refractivity contribution is -0.161. The fraction of sp³-hybridized carbons (Fsp3) is 0.833. The molecule has 0 amide bonds. The van der Waals surface area contributed by atoms with Gasteiger partial charge >= 0.3 is 25.7 Å². The van der Waals surface area contributed by atoms with E-state index in [-0.39, 0.29) is 25.9 Å². The Morgan fingerprint density at radius 1 is 0.372 bits per heavy atom. The highest BCUT2D eigenvalue weighted by atomic mass is 31.2. The molecule has 3 atom stereocenters. The molecule has 2 N–H and O–H groups in total. The predicted octanol–water partition coefficient (Wildman–Crippen LogP) is 19.7. The van der Waals surface area contributed by atoms with Crippen molar-refractivity contribution in [2.45, 2.75) is 328 Å². The number of phosphoric ester groups is 1. The Morgan fingerprint density at radius 2 is 0.667 bits per heavy atom. The van der Waals surface area contributed by atoms with Crippen molar-refractivity contribution < 1.29 is 52.2 Å². The first kappa shape index (κ1) is 75.4. The summed E-state index contributed by atoms with van der Waals surface area (Å²) in [5.41, 5.74) is 0. The van der Waals surface area contributed by atoms with E-state index in [2.05, 4.69) is 69.4 Å². The van der Waals surface area contributed by atoms with Crippen molar-refractivity contribution in [2.75, 3.05) is 26.4 Å². The van der Waals surface area contributed by atoms with Crippen molar-refractivity contribution in [3.8, 4) is 0 Å². The van der Waals surface area contributed by atoms with E-state index in [0.29, 0.717) is 19.3 Å². The molecule has 0 aliphatic rings. The van der Waals surface area contributed by atoms with Crippen LogP contribution in [-0.4, -0.2) is 66.5 Å². The van der Waals surface area contributed by atoms with Crippen molar-refractivity contribution in [1.29, 1.82) is 0 Å². The van der Waals surface area contributed by atoms with Crippen LogP contribution in [0.25, 0.3) is 0 Å². The second-order valence-corrected chi connectivity index (χ2v) is 23.4. The van der Waals surface area contributed by atoms with Gasteiger partial charge in [-0.05, 0) is 77.0 Å². The van der Waals surface area contributed by atoms with Gasteiger partial charge in [-0.1, -0.05) is 268 Å². The van der Waals surface area contributed by atoms with E-state index in [1.807, 2.05) is 0 Å². The lowest BCUT2D eigenvalue weighted by atomic mass is 10.0. The van der Waals surface area contributed by atoms with Crippen molar-refractivity contribution in [2.24, 2.45) is 0 Å². The number of unbranched alkanes of at least 4 members (excludes halogenated alkanes) is 36. The van der Waals surface area contributed by atoms with Gasteiger partial charge in [-0.3, -0.25) is 23.4 Å². The van der Waals surface area contributed by atoms with Crippen LogP contribution >= 0.6 is 7.82 Å². The fourth-order valence-corrected chi connectivity index (χ4v) is 10.1. The molecule has 0 heterocycles. The van der Waals surface area contributed by atoms with Crippen LogP contribution in [0.2, 0.25) is 0 Å². The van der Waals surface area contributed by atoms with Gasteiger partial charge in [0, 0.05) is 19.3 Å². The normalized spacial score (nSPS) is 13.6. The molecule has 456 valence electrons. The number of aliphatic hydroxyl groups excluding tert-OH is 1. The zero-order chi connectivity index (χ0) is 56.9. The molecule has 0 rings (SSSR count). The summed E-state index contributed by atoms with van der Waals surface area (Å²) >= 11 is 0. The SMILES string of the molecule is CC/C=C\C/C=C\C/C=C\CCCCCCCC(=O)OC(CO)COP(=O)(O)OCC(COC(=O)CCCCCCCCCCC/C=C\CCCCCCCC)OC(=O)CCCCCCCCCCCCCCCCCCC. The topological polar surface area (TPSA) is 155 Å². The molecule has 3 unspecified atom stereocenters. The van der Waals surface area contributed by atoms with E-state index in [0.717, 1.165) is 89.9 Å². The second kappa shape index (κ2) is 60.5. The number of allylic oxidation sites excluding steroid dienone is 8. The average Bonchev–Trinajstić information content (AvgIpc) is 3.43. The monoisotopic (exact) mass is 1120 g/mol. The van der Waals surface area contributed by atoms with Gasteiger partial charge in [0.1, 0.15) is 12.7 Å². The van der Waals surface area contributed by atoms with E-state index in [9.17, 15) is 28.9 Å². The summed E-state index contributed by atoms with van der Waals surface area (Å²) < 4.78 is 39.7. The van der Waals surface area contributed by atoms with Crippen LogP contribution in [0.5, 0.6) is 0 Å². The van der Waals surface area contributed by atoms with Gasteiger partial charge in [0.25, 0.3) is 0 Å². The quantitative estimate of drug-likeness (QED) is 0.0197. The van der Waals surface area contributed by atoms with Gasteiger partial charge in [0.2, 0.25) is 0 Å². The summed E-state index contributed by atoms with van der Waals surface area (Å²) in [7, 11) is -4.75. The molecule has 0 aromatic heterocycles. The number of carbonyl (C=O) groups is 3. The van der Waals surface area contributed by atoms with E-state index < -0.39 is 57.8 Å². The molecule has 78 heavy (non-hydrogen) atoms. The third kappa shape index (κ3) is 58.1. The standard InChI is InChI=1S/C66H121O11P/c1-4-7-10-13-16-19-22-25-28-30-31-33-35-37-40-43-46-49-52-55-64(68)73-59-63(77-66(70)57-54-51-48-45-42-39-36-32-29-26-23-20-17-14-11-8-5-2)61-75-78(71,72)74-60-62(58-67)76-65(69)56-53-50-47-44-41-38-34-27-24-21-18-15-12-9-6-3/h9,12,18,21,25,27-28,34,62-63,67H,4-8,10-11,13-17,19-20,22-24,26,29-33,35-61H2,1-3H3,(H,71,72)/b12-9-,21-18-,28-25-,34-27-. The molecule has 0 aromatic rings. The number of ether oxygens (including phenoxy) is 3. The summed E-state index contributed by atoms with van der Waals surface area (Å²) in [6.45, 7) is 4.57. The highest BCUT2D eigenvalue weighted by molar-refractivity contribution is 7.47. The van der Waals surface area contributed by atoms with E-state index in [4.69, 9.17) is 23.3 Å². The average molecular weight is 1120 g/mol. The number of rotatable bonds is 61. The van der Waals surface area contributed by atoms with Crippen molar-refractivity contribution in [3.05, 3.63) is 48.6 Å². The third-order valence-corrected chi connectivity index (χ3v) is 15.2. The van der Waals surface area contributed by atoms with Crippen LogP contribution in [0, 0.1) is 0 Å². The van der Waals surface area contributed by atoms with Crippen LogP contribution in [0.3, 0.4) is 0 Å². The molecule has 11 nitrogen and oxygen atoms in total. The summed E-state index contributed by atoms with van der Waals surface area (Å²) in [6, 6.07) is 0. The molecular weight excluding hydrogens is 1000 g/mol. The maximum absolute atomic E-state index is 13.0. The maximum Gasteiger partial charge on any atom is 0.472 e. The zero-order valence-electron chi connectivity index (χ0n) is 50.6. The smallest absolute Gasteiger partial charge is 0.462 e. The Bertz CT molecular complexity index is 1490. The van der Waals surface area contributed by atoms with E-state index in [1.54, 1.807) is 0 Å². The van der Waals surface area contributed by atoms with E-state index >= 15 is 0 Å². The van der Waals surface area contributed by atoms with Crippen molar-refractivity contribution >= 4 is 25.7 Å². The largest absolute Gasteiger partial charge is 0.472 e. The number of esters is 3. The van der Waals surface area contributed by atoms with Gasteiger partial charge < -0.3 is 24.2 Å². The molecule has 0 spiro atoms. The first-order chi connectivity index (χ1) is 38.2. The van der Waals surface area contributed by atoms with Gasteiger partial charge in [0.15, 0.2) is 6.10 Å². The van der Waals surface area contributed by atoms with Crippen LogP contribution in [0.1, 0.15) is 316 Å². The molecule has 0 aromatic carbocycles. The van der Waals surface area contributed by atoms with Crippen molar-refractivity contribution in [3.63, 3.8) is 0 Å². The summed E-state index contributed by atoms with van der Waals surface area (Å²) in [5, 5.41) is 9.84. The minimum atomic E-state index is -4.75. The number of hydrogen-bond acceptors (Lipinski definition) is 10. The maximum atomic E-state index is 13.0. The molecule has 12 heteroatoms. The number of aliphatic hydroxyl groups is 1. The number of hydrogen-bond donors (Lipinski definition) is 2. The highest BCUT2D eigenvalue weighted by Gasteiger charge is 2.28. The molecule has 0 radical (unpaired) electrons. The van der Waals surface area contributed by atoms with Crippen LogP contribution in [0.15, 0.2) is 48.6 Å². The second-order valence-electron chi connectivity index (χ2n) is 21.9. The minimum Gasteiger partial charge on any atom is -0.462 e. The molecular formula is C66H121O11P. The van der Waals surface area contributed by atoms with Crippen molar-refractivity contribution in [1.82, 2.24) is 0 Å². The van der Waals surface area contributed by atoms with Crippen LogP contribution < -0.4 is 0 Å². The Hall–Kier alpha value is -2.56. The Labute approximate surface area is 479 Å². The molecule has 0 aliphatic heterocycles. The first-order valence-electron chi connectivity index (χ1n) is 32.5. The van der Waals surface area contributed by atoms with Gasteiger partial charge in [-0.15, -0.1) is 0 Å². The predicted molar refractivity (Wildman–Crippen MR) is 325 cm³/mol. The fourth-order valence-electron chi connectivity index (χ4n) is 9.31. The highest BCUT2D eigenvalue weighted by Crippen LogP contribution is 2.43. The lowest BCUT2D eigenvalue weighted by Crippen LogP contribution is -2.30. The van der Waals surface area contributed by atoms with Gasteiger partial charge in [0.05, 0.1) is 19.8 Å². The number of phosphoric acid groups is 1. The molecule has 0 aliphatic carbocycles. The summed E-state index contributed by atoms with van der Waals surface area (Å²) in [4.78, 5) is 48.8. The lowest BCUT2D eigenvalue weighted by Gasteiger charge is -2.21. The first-order valence-corrected chi connectivity index (χ1v) is 34.0. The summed E-state index contributed by atoms with van der Waals surface area (Å²) in [6.07, 6.45) is 66.3. The minimum absolute atomic E-state index is 0.159. The third-order valence-electron chi connectivity index (χ3n) is 14.2. The van der Waals surface area contributed by atoms with Gasteiger partial charge in [-0.2, -0.15) is 0 Å².